The second kappa shape index (κ2) is 16.4. The Morgan fingerprint density at radius 3 is 1.76 bits per heavy atom. The Morgan fingerprint density at radius 2 is 1.31 bits per heavy atom. The van der Waals surface area contributed by atoms with Gasteiger partial charge in [-0.05, 0) is 71.4 Å². The van der Waals surface area contributed by atoms with Crippen molar-refractivity contribution in [3.05, 3.63) is 0 Å². The van der Waals surface area contributed by atoms with Crippen molar-refractivity contribution in [2.45, 2.75) is 54.5 Å². The maximum Gasteiger partial charge on any atom is 0.187 e. The maximum absolute atomic E-state index is 5.29. The number of hydrogen-bond donors (Lipinski definition) is 4. The molecule has 0 rings (SSSR count). The second-order valence-corrected chi connectivity index (χ2v) is 7.50. The van der Waals surface area contributed by atoms with Crippen molar-refractivity contribution in [2.75, 3.05) is 45.8 Å². The number of rotatable bonds is 13. The van der Waals surface area contributed by atoms with E-state index in [4.69, 9.17) is 24.4 Å². The molecular formula is C19H40N8S2. The number of nitrogens with one attached hydrogen (secondary N) is 4. The van der Waals surface area contributed by atoms with E-state index in [1.807, 2.05) is 13.8 Å². The van der Waals surface area contributed by atoms with Gasteiger partial charge in [0.15, 0.2) is 10.2 Å². The molecule has 0 amide bonds. The summed E-state index contributed by atoms with van der Waals surface area (Å²) in [6.07, 6.45) is 0. The average Bonchev–Trinajstić information content (AvgIpc) is 2.72. The fraction of sp³-hybridized carbons (Fsp3) is 0.789. The molecular weight excluding hydrogens is 404 g/mol. The normalized spacial score (nSPS) is 13.4. The molecule has 10 heteroatoms. The smallest absolute Gasteiger partial charge is 0.187 e. The van der Waals surface area contributed by atoms with Crippen LogP contribution in [0.4, 0.5) is 0 Å². The third-order valence-electron chi connectivity index (χ3n) is 4.78. The lowest BCUT2D eigenvalue weighted by Gasteiger charge is -2.26. The maximum atomic E-state index is 5.29. The van der Waals surface area contributed by atoms with Crippen molar-refractivity contribution in [3.8, 4) is 0 Å². The monoisotopic (exact) mass is 444 g/mol. The molecule has 0 saturated carbocycles. The van der Waals surface area contributed by atoms with E-state index in [1.54, 1.807) is 0 Å². The molecule has 0 aromatic carbocycles. The summed E-state index contributed by atoms with van der Waals surface area (Å²) in [5, 5.41) is 15.9. The van der Waals surface area contributed by atoms with E-state index in [-0.39, 0.29) is 0 Å². The van der Waals surface area contributed by atoms with E-state index < -0.39 is 0 Å². The Bertz CT molecular complexity index is 542. The first-order valence-corrected chi connectivity index (χ1v) is 11.2. The highest BCUT2D eigenvalue weighted by molar-refractivity contribution is 7.80. The van der Waals surface area contributed by atoms with Gasteiger partial charge in [-0.1, -0.05) is 27.7 Å². The van der Waals surface area contributed by atoms with Crippen LogP contribution in [0, 0.1) is 0 Å². The third kappa shape index (κ3) is 12.7. The van der Waals surface area contributed by atoms with Crippen molar-refractivity contribution < 1.29 is 0 Å². The number of hydrogen-bond acceptors (Lipinski definition) is 6. The predicted molar refractivity (Wildman–Crippen MR) is 134 cm³/mol. The van der Waals surface area contributed by atoms with Crippen LogP contribution in [0.25, 0.3) is 0 Å². The van der Waals surface area contributed by atoms with Gasteiger partial charge in [0.05, 0.1) is 11.4 Å². The number of likely N-dealkylation sites (N-methyl/N-ethyl adjacent to an activating group) is 2. The van der Waals surface area contributed by atoms with Gasteiger partial charge in [0.2, 0.25) is 0 Å². The first kappa shape index (κ1) is 27.6. The molecule has 0 aliphatic heterocycles. The van der Waals surface area contributed by atoms with E-state index in [0.717, 1.165) is 57.2 Å². The molecule has 0 fully saturated rings. The van der Waals surface area contributed by atoms with Crippen LogP contribution in [0.15, 0.2) is 10.2 Å². The second-order valence-electron chi connectivity index (χ2n) is 6.68. The molecule has 0 spiro atoms. The van der Waals surface area contributed by atoms with Crippen LogP contribution in [-0.4, -0.2) is 83.3 Å². The lowest BCUT2D eigenvalue weighted by molar-refractivity contribution is 0.232. The van der Waals surface area contributed by atoms with Crippen LogP contribution in [0.5, 0.6) is 0 Å². The summed E-state index contributed by atoms with van der Waals surface area (Å²) in [6.45, 7) is 21.1. The van der Waals surface area contributed by atoms with Crippen molar-refractivity contribution in [1.29, 1.82) is 0 Å². The summed E-state index contributed by atoms with van der Waals surface area (Å²) >= 11 is 10.5. The van der Waals surface area contributed by atoms with Crippen molar-refractivity contribution >= 4 is 46.1 Å². The van der Waals surface area contributed by atoms with E-state index in [0.29, 0.717) is 16.3 Å². The Morgan fingerprint density at radius 1 is 0.828 bits per heavy atom. The number of hydrazone groups is 2. The highest BCUT2D eigenvalue weighted by Crippen LogP contribution is 1.96. The van der Waals surface area contributed by atoms with Crippen molar-refractivity contribution in [1.82, 2.24) is 31.3 Å². The molecule has 1 unspecified atom stereocenters. The van der Waals surface area contributed by atoms with Gasteiger partial charge in [-0.15, -0.1) is 0 Å². The SMILES string of the molecule is CCN(CC)CCNC(=S)NN=C(C)C(C)=NNC(=S)NCC(C)N(CC)CC. The first-order chi connectivity index (χ1) is 13.8. The molecule has 0 aromatic rings. The highest BCUT2D eigenvalue weighted by Gasteiger charge is 2.09. The summed E-state index contributed by atoms with van der Waals surface area (Å²) in [5.74, 6) is 0. The van der Waals surface area contributed by atoms with Crippen LogP contribution in [-0.2, 0) is 0 Å². The van der Waals surface area contributed by atoms with Crippen molar-refractivity contribution in [3.63, 3.8) is 0 Å². The van der Waals surface area contributed by atoms with E-state index in [1.165, 1.54) is 0 Å². The Hall–Kier alpha value is -1.36. The molecule has 8 nitrogen and oxygen atoms in total. The molecule has 168 valence electrons. The molecule has 0 bridgehead atoms. The molecule has 0 aliphatic carbocycles. The van der Waals surface area contributed by atoms with E-state index in [2.05, 4.69) is 76.1 Å². The summed E-state index contributed by atoms with van der Waals surface area (Å²) in [6, 6.07) is 0.401. The number of nitrogens with zero attached hydrogens (tertiary/aromatic N) is 4. The third-order valence-corrected chi connectivity index (χ3v) is 5.25. The number of thiocarbonyl (C=S) groups is 2. The molecule has 0 aliphatic rings. The van der Waals surface area contributed by atoms with Gasteiger partial charge < -0.3 is 15.5 Å². The highest BCUT2D eigenvalue weighted by atomic mass is 32.1. The van der Waals surface area contributed by atoms with Crippen molar-refractivity contribution in [2.24, 2.45) is 10.2 Å². The predicted octanol–water partition coefficient (Wildman–Crippen LogP) is 1.74. The molecule has 29 heavy (non-hydrogen) atoms. The molecule has 0 aromatic heterocycles. The zero-order valence-corrected chi connectivity index (χ0v) is 20.8. The summed E-state index contributed by atoms with van der Waals surface area (Å²) < 4.78 is 0. The fourth-order valence-corrected chi connectivity index (χ4v) is 2.87. The van der Waals surface area contributed by atoms with Crippen LogP contribution in [0.3, 0.4) is 0 Å². The molecule has 1 atom stereocenters. The van der Waals surface area contributed by atoms with Gasteiger partial charge in [0, 0.05) is 25.7 Å². The first-order valence-electron chi connectivity index (χ1n) is 10.4. The van der Waals surface area contributed by atoms with Gasteiger partial charge in [-0.2, -0.15) is 10.2 Å². The Kier molecular flexibility index (Phi) is 15.7. The van der Waals surface area contributed by atoms with Crippen LogP contribution >= 0.6 is 24.4 Å². The lowest BCUT2D eigenvalue weighted by atomic mass is 10.3. The summed E-state index contributed by atoms with van der Waals surface area (Å²) in [5.41, 5.74) is 7.17. The summed E-state index contributed by atoms with van der Waals surface area (Å²) in [4.78, 5) is 4.69. The topological polar surface area (TPSA) is 79.3 Å². The largest absolute Gasteiger partial charge is 0.360 e. The van der Waals surface area contributed by atoms with Crippen LogP contribution in [0.1, 0.15) is 48.5 Å². The zero-order chi connectivity index (χ0) is 22.2. The fourth-order valence-electron chi connectivity index (χ4n) is 2.59. The minimum atomic E-state index is 0.401. The van der Waals surface area contributed by atoms with Gasteiger partial charge in [0.25, 0.3) is 0 Å². The Balaban J connectivity index is 4.31. The van der Waals surface area contributed by atoms with Gasteiger partial charge >= 0.3 is 0 Å². The lowest BCUT2D eigenvalue weighted by Crippen LogP contribution is -2.44. The van der Waals surface area contributed by atoms with E-state index in [9.17, 15) is 0 Å². The van der Waals surface area contributed by atoms with Gasteiger partial charge in [0.1, 0.15) is 0 Å². The van der Waals surface area contributed by atoms with Gasteiger partial charge in [-0.3, -0.25) is 15.8 Å². The van der Waals surface area contributed by atoms with Crippen LogP contribution < -0.4 is 21.5 Å². The Labute approximate surface area is 187 Å². The average molecular weight is 445 g/mol. The quantitative estimate of drug-likeness (QED) is 0.194. The van der Waals surface area contributed by atoms with E-state index >= 15 is 0 Å². The minimum absolute atomic E-state index is 0.401. The molecule has 4 N–H and O–H groups in total. The van der Waals surface area contributed by atoms with Crippen LogP contribution in [0.2, 0.25) is 0 Å². The summed E-state index contributed by atoms with van der Waals surface area (Å²) in [7, 11) is 0. The molecule has 0 saturated heterocycles. The van der Waals surface area contributed by atoms with Gasteiger partial charge in [-0.25, -0.2) is 0 Å². The molecule has 0 heterocycles. The minimum Gasteiger partial charge on any atom is -0.360 e. The molecule has 0 radical (unpaired) electrons. The standard InChI is InChI=1S/C19H40N8S2/c1-8-26(9-2)13-12-20-18(28)24-22-16(6)17(7)23-25-19(29)21-14-15(5)27(10-3)11-4/h15H,8-14H2,1-7H3,(H2,20,24,28)(H2,21,25,29). The zero-order valence-electron chi connectivity index (χ0n) is 19.1.